The van der Waals surface area contributed by atoms with Crippen LogP contribution in [-0.2, 0) is 12.8 Å². The Morgan fingerprint density at radius 3 is 2.58 bits per heavy atom. The summed E-state index contributed by atoms with van der Waals surface area (Å²) in [6, 6.07) is 2.40. The van der Waals surface area contributed by atoms with E-state index in [1.54, 1.807) is 0 Å². The summed E-state index contributed by atoms with van der Waals surface area (Å²) in [5.74, 6) is -1.46. The number of aromatic nitrogens is 2. The van der Waals surface area contributed by atoms with Gasteiger partial charge in [-0.05, 0) is 29.8 Å². The number of nitrogens with zero attached hydrogens (tertiary/aromatic N) is 2. The summed E-state index contributed by atoms with van der Waals surface area (Å²) in [5, 5.41) is 7.55. The van der Waals surface area contributed by atoms with E-state index in [1.165, 1.54) is 0 Å². The summed E-state index contributed by atoms with van der Waals surface area (Å²) in [5.41, 5.74) is -1.37. The highest BCUT2D eigenvalue weighted by Gasteiger charge is 2.34. The molecule has 9 heteroatoms. The Morgan fingerprint density at radius 1 is 1.26 bits per heavy atom. The van der Waals surface area contributed by atoms with Crippen LogP contribution >= 0.6 is 22.9 Å². The van der Waals surface area contributed by atoms with Crippen molar-refractivity contribution in [3.8, 4) is 5.75 Å². The zero-order valence-electron chi connectivity index (χ0n) is 9.04. The molecule has 0 saturated heterocycles. The van der Waals surface area contributed by atoms with E-state index in [-0.39, 0.29) is 16.8 Å². The summed E-state index contributed by atoms with van der Waals surface area (Å²) in [4.78, 5) is 0. The van der Waals surface area contributed by atoms with E-state index in [9.17, 15) is 17.6 Å². The van der Waals surface area contributed by atoms with Gasteiger partial charge in [0.15, 0.2) is 5.01 Å². The molecule has 0 unspecified atom stereocenters. The fourth-order valence-corrected chi connectivity index (χ4v) is 2.03. The van der Waals surface area contributed by atoms with E-state index in [4.69, 9.17) is 16.3 Å². The van der Waals surface area contributed by atoms with Crippen molar-refractivity contribution in [1.29, 1.82) is 0 Å². The minimum atomic E-state index is -4.77. The zero-order valence-corrected chi connectivity index (χ0v) is 10.6. The molecule has 1 aromatic carbocycles. The van der Waals surface area contributed by atoms with Crippen LogP contribution in [0.2, 0.25) is 4.47 Å². The smallest absolute Gasteiger partial charge is 0.419 e. The monoisotopic (exact) mass is 312 g/mol. The van der Waals surface area contributed by atoms with Crippen molar-refractivity contribution >= 4 is 22.9 Å². The van der Waals surface area contributed by atoms with Gasteiger partial charge in [-0.15, -0.1) is 10.2 Å². The first-order chi connectivity index (χ1) is 8.86. The van der Waals surface area contributed by atoms with Crippen LogP contribution < -0.4 is 4.74 Å². The lowest BCUT2D eigenvalue weighted by atomic mass is 10.2. The fraction of sp³-hybridized carbons (Fsp3) is 0.200. The average molecular weight is 313 g/mol. The third-order valence-electron chi connectivity index (χ3n) is 2.05. The summed E-state index contributed by atoms with van der Waals surface area (Å²) < 4.78 is 55.7. The Labute approximate surface area is 113 Å². The second kappa shape index (κ2) is 5.30. The van der Waals surface area contributed by atoms with Gasteiger partial charge in [-0.1, -0.05) is 11.3 Å². The van der Waals surface area contributed by atoms with Gasteiger partial charge in [-0.3, -0.25) is 0 Å². The highest BCUT2D eigenvalue weighted by Crippen LogP contribution is 2.33. The molecule has 3 nitrogen and oxygen atoms in total. The summed E-state index contributed by atoms with van der Waals surface area (Å²) >= 11 is 6.58. The van der Waals surface area contributed by atoms with Crippen LogP contribution in [0.25, 0.3) is 0 Å². The van der Waals surface area contributed by atoms with Crippen molar-refractivity contribution in [2.45, 2.75) is 12.8 Å². The first-order valence-corrected chi connectivity index (χ1v) is 6.03. The normalized spacial score (nSPS) is 11.6. The summed E-state index contributed by atoms with van der Waals surface area (Å²) in [6.45, 7) is -0.0900. The Bertz CT molecular complexity index is 587. The zero-order chi connectivity index (χ0) is 14.0. The van der Waals surface area contributed by atoms with Gasteiger partial charge in [0.05, 0.1) is 5.56 Å². The Balaban J connectivity index is 2.13. The maximum Gasteiger partial charge on any atom is 0.419 e. The molecule has 1 heterocycles. The summed E-state index contributed by atoms with van der Waals surface area (Å²) in [6.07, 6.45) is -4.77. The molecule has 2 aromatic rings. The van der Waals surface area contributed by atoms with Gasteiger partial charge in [0.2, 0.25) is 4.47 Å². The van der Waals surface area contributed by atoms with Gasteiger partial charge in [-0.2, -0.15) is 13.2 Å². The molecule has 0 fully saturated rings. The third kappa shape index (κ3) is 3.54. The predicted octanol–water partition coefficient (Wildman–Crippen LogP) is 3.93. The Kier molecular flexibility index (Phi) is 3.91. The van der Waals surface area contributed by atoms with E-state index in [1.807, 2.05) is 0 Å². The molecule has 0 N–H and O–H groups in total. The molecule has 0 aliphatic rings. The lowest BCUT2D eigenvalue weighted by Gasteiger charge is -2.10. The van der Waals surface area contributed by atoms with Crippen LogP contribution in [0.5, 0.6) is 5.75 Å². The molecule has 0 aliphatic carbocycles. The average Bonchev–Trinajstić information content (AvgIpc) is 2.72. The highest BCUT2D eigenvalue weighted by molar-refractivity contribution is 7.15. The largest absolute Gasteiger partial charge is 0.486 e. The molecule has 0 saturated carbocycles. The van der Waals surface area contributed by atoms with Crippen molar-refractivity contribution < 1.29 is 22.3 Å². The summed E-state index contributed by atoms with van der Waals surface area (Å²) in [7, 11) is 0. The lowest BCUT2D eigenvalue weighted by Crippen LogP contribution is -2.08. The molecule has 0 atom stereocenters. The Morgan fingerprint density at radius 2 is 2.00 bits per heavy atom. The number of ether oxygens (including phenoxy) is 1. The molecule has 19 heavy (non-hydrogen) atoms. The van der Waals surface area contributed by atoms with Crippen LogP contribution in [0.3, 0.4) is 0 Å². The molecule has 0 spiro atoms. The van der Waals surface area contributed by atoms with Crippen LogP contribution in [0.4, 0.5) is 17.6 Å². The number of benzene rings is 1. The molecule has 2 rings (SSSR count). The third-order valence-corrected chi connectivity index (χ3v) is 3.04. The number of alkyl halides is 3. The molecule has 102 valence electrons. The van der Waals surface area contributed by atoms with E-state index < -0.39 is 17.6 Å². The van der Waals surface area contributed by atoms with Crippen molar-refractivity contribution in [2.24, 2.45) is 0 Å². The van der Waals surface area contributed by atoms with Gasteiger partial charge in [0.25, 0.3) is 0 Å². The van der Waals surface area contributed by atoms with E-state index in [2.05, 4.69) is 10.2 Å². The minimum absolute atomic E-state index is 0.0900. The van der Waals surface area contributed by atoms with E-state index in [0.717, 1.165) is 17.4 Å². The highest BCUT2D eigenvalue weighted by atomic mass is 35.5. The molecule has 0 amide bonds. The van der Waals surface area contributed by atoms with Gasteiger partial charge in [-0.25, -0.2) is 4.39 Å². The van der Waals surface area contributed by atoms with Crippen molar-refractivity contribution in [3.05, 3.63) is 39.1 Å². The topological polar surface area (TPSA) is 35.0 Å². The van der Waals surface area contributed by atoms with E-state index in [0.29, 0.717) is 17.1 Å². The van der Waals surface area contributed by atoms with Crippen LogP contribution in [-0.4, -0.2) is 10.2 Å². The number of hydrogen-bond acceptors (Lipinski definition) is 4. The number of rotatable bonds is 3. The van der Waals surface area contributed by atoms with Crippen LogP contribution in [0, 0.1) is 5.82 Å². The number of hydrogen-bond donors (Lipinski definition) is 0. The minimum Gasteiger partial charge on any atom is -0.486 e. The fourth-order valence-electron chi connectivity index (χ4n) is 1.25. The first-order valence-electron chi connectivity index (χ1n) is 4.83. The van der Waals surface area contributed by atoms with Crippen LogP contribution in [0.1, 0.15) is 10.6 Å². The molecule has 0 bridgehead atoms. The number of halogens is 5. The van der Waals surface area contributed by atoms with Gasteiger partial charge >= 0.3 is 6.18 Å². The van der Waals surface area contributed by atoms with Gasteiger partial charge in [0.1, 0.15) is 18.2 Å². The van der Waals surface area contributed by atoms with Crippen molar-refractivity contribution in [2.75, 3.05) is 0 Å². The maximum atomic E-state index is 13.0. The molecule has 0 radical (unpaired) electrons. The Hall–Kier alpha value is -1.41. The van der Waals surface area contributed by atoms with E-state index >= 15 is 0 Å². The maximum absolute atomic E-state index is 13.0. The van der Waals surface area contributed by atoms with Crippen molar-refractivity contribution in [1.82, 2.24) is 10.2 Å². The SMILES string of the molecule is Fc1ccc(OCc2nnc(Cl)s2)cc1C(F)(F)F. The van der Waals surface area contributed by atoms with Crippen LogP contribution in [0.15, 0.2) is 18.2 Å². The molecule has 1 aromatic heterocycles. The second-order valence-corrected chi connectivity index (χ2v) is 5.02. The molecular weight excluding hydrogens is 308 g/mol. The van der Waals surface area contributed by atoms with Gasteiger partial charge < -0.3 is 4.74 Å². The molecule has 0 aliphatic heterocycles. The quantitative estimate of drug-likeness (QED) is 0.806. The lowest BCUT2D eigenvalue weighted by molar-refractivity contribution is -0.140. The predicted molar refractivity (Wildman–Crippen MR) is 60.7 cm³/mol. The second-order valence-electron chi connectivity index (χ2n) is 3.38. The van der Waals surface area contributed by atoms with Gasteiger partial charge in [0, 0.05) is 0 Å². The molecular formula is C10H5ClF4N2OS. The first kappa shape index (κ1) is 14.0. The standard InChI is InChI=1S/C10H5ClF4N2OS/c11-9-17-16-8(19-9)4-18-5-1-2-7(12)6(3-5)10(13,14)15/h1-3H,4H2. The van der Waals surface area contributed by atoms with Crippen molar-refractivity contribution in [3.63, 3.8) is 0 Å².